The van der Waals surface area contributed by atoms with Crippen molar-refractivity contribution in [2.24, 2.45) is 7.05 Å². The van der Waals surface area contributed by atoms with Gasteiger partial charge in [0.2, 0.25) is 0 Å². The number of halogens is 1. The molecule has 0 spiro atoms. The third kappa shape index (κ3) is 4.72. The van der Waals surface area contributed by atoms with Gasteiger partial charge in [0.1, 0.15) is 0 Å². The standard InChI is InChI=1S/C30H25BrN2O3S/c1-21-13-16-25(17-14-21)37(35,36)33(24-11-7-4-8-12-24)30(34)29(22-9-5-3-6-10-22)27-20-32(2)28-19-23(31)15-18-26(27)28/h3-20,29H,1-2H3. The second kappa shape index (κ2) is 10.00. The van der Waals surface area contributed by atoms with E-state index in [9.17, 15) is 13.2 Å². The Morgan fingerprint density at radius 3 is 2.14 bits per heavy atom. The molecular formula is C30H25BrN2O3S. The lowest BCUT2D eigenvalue weighted by molar-refractivity contribution is -0.118. The van der Waals surface area contributed by atoms with Crippen molar-refractivity contribution in [3.05, 3.63) is 130 Å². The Balaban J connectivity index is 1.75. The van der Waals surface area contributed by atoms with Gasteiger partial charge >= 0.3 is 0 Å². The van der Waals surface area contributed by atoms with Crippen LogP contribution in [0.1, 0.15) is 22.6 Å². The average Bonchev–Trinajstić information content (AvgIpc) is 3.20. The number of carbonyl (C=O) groups excluding carboxylic acids is 1. The Bertz CT molecular complexity index is 1680. The summed E-state index contributed by atoms with van der Waals surface area (Å²) in [5.74, 6) is -1.40. The first-order chi connectivity index (χ1) is 17.8. The summed E-state index contributed by atoms with van der Waals surface area (Å²) in [7, 11) is -2.30. The van der Waals surface area contributed by atoms with Gasteiger partial charge in [-0.05, 0) is 54.4 Å². The SMILES string of the molecule is Cc1ccc(S(=O)(=O)N(C(=O)C(c2ccccc2)c2cn(C)c3cc(Br)ccc23)c2ccccc2)cc1. The highest BCUT2D eigenvalue weighted by molar-refractivity contribution is 9.10. The van der Waals surface area contributed by atoms with Crippen LogP contribution in [0, 0.1) is 6.92 Å². The van der Waals surface area contributed by atoms with Gasteiger partial charge in [-0.2, -0.15) is 0 Å². The molecule has 37 heavy (non-hydrogen) atoms. The predicted octanol–water partition coefficient (Wildman–Crippen LogP) is 6.80. The van der Waals surface area contributed by atoms with Gasteiger partial charge in [0, 0.05) is 28.6 Å². The molecule has 0 saturated heterocycles. The van der Waals surface area contributed by atoms with E-state index in [4.69, 9.17) is 0 Å². The van der Waals surface area contributed by atoms with Crippen LogP contribution >= 0.6 is 15.9 Å². The first-order valence-corrected chi connectivity index (χ1v) is 14.0. The van der Waals surface area contributed by atoms with Crippen LogP contribution in [-0.4, -0.2) is 18.9 Å². The van der Waals surface area contributed by atoms with Crippen molar-refractivity contribution in [1.82, 2.24) is 4.57 Å². The molecule has 1 aromatic heterocycles. The number of para-hydroxylation sites is 1. The van der Waals surface area contributed by atoms with Crippen molar-refractivity contribution in [2.75, 3.05) is 4.31 Å². The molecule has 1 amide bonds. The fraction of sp³-hybridized carbons (Fsp3) is 0.100. The van der Waals surface area contributed by atoms with Gasteiger partial charge in [0.05, 0.1) is 16.5 Å². The number of anilines is 1. The molecule has 1 unspecified atom stereocenters. The molecule has 0 saturated carbocycles. The van der Waals surface area contributed by atoms with Crippen molar-refractivity contribution < 1.29 is 13.2 Å². The largest absolute Gasteiger partial charge is 0.350 e. The number of hydrogen-bond donors (Lipinski definition) is 0. The minimum absolute atomic E-state index is 0.0592. The van der Waals surface area contributed by atoms with Gasteiger partial charge < -0.3 is 4.57 Å². The number of hydrogen-bond acceptors (Lipinski definition) is 3. The summed E-state index contributed by atoms with van der Waals surface area (Å²) in [4.78, 5) is 14.6. The van der Waals surface area contributed by atoms with E-state index in [1.807, 2.05) is 73.3 Å². The highest BCUT2D eigenvalue weighted by Crippen LogP contribution is 2.37. The second-order valence-corrected chi connectivity index (χ2v) is 11.7. The van der Waals surface area contributed by atoms with E-state index in [1.54, 1.807) is 54.6 Å². The lowest BCUT2D eigenvalue weighted by atomic mass is 9.90. The summed E-state index contributed by atoms with van der Waals surface area (Å²) in [5.41, 5.74) is 3.60. The normalized spacial score (nSPS) is 12.4. The van der Waals surface area contributed by atoms with Crippen molar-refractivity contribution in [3.63, 3.8) is 0 Å². The van der Waals surface area contributed by atoms with E-state index < -0.39 is 21.8 Å². The van der Waals surface area contributed by atoms with E-state index in [2.05, 4.69) is 15.9 Å². The lowest BCUT2D eigenvalue weighted by Crippen LogP contribution is -2.40. The van der Waals surface area contributed by atoms with Crippen molar-refractivity contribution in [3.8, 4) is 0 Å². The van der Waals surface area contributed by atoms with Gasteiger partial charge in [-0.15, -0.1) is 0 Å². The molecule has 0 bridgehead atoms. The van der Waals surface area contributed by atoms with Crippen LogP contribution in [0.5, 0.6) is 0 Å². The number of benzene rings is 4. The second-order valence-electron chi connectivity index (χ2n) is 8.96. The molecule has 7 heteroatoms. The van der Waals surface area contributed by atoms with E-state index in [1.165, 1.54) is 0 Å². The number of carbonyl (C=O) groups is 1. The summed E-state index contributed by atoms with van der Waals surface area (Å²) in [6.07, 6.45) is 1.91. The number of amides is 1. The molecule has 186 valence electrons. The van der Waals surface area contributed by atoms with Gasteiger partial charge in [-0.1, -0.05) is 88.2 Å². The van der Waals surface area contributed by atoms with Crippen LogP contribution in [0.15, 0.2) is 119 Å². The fourth-order valence-electron chi connectivity index (χ4n) is 4.60. The zero-order valence-electron chi connectivity index (χ0n) is 20.4. The first-order valence-electron chi connectivity index (χ1n) is 11.8. The maximum absolute atomic E-state index is 14.6. The Morgan fingerprint density at radius 2 is 1.49 bits per heavy atom. The zero-order chi connectivity index (χ0) is 26.2. The van der Waals surface area contributed by atoms with Crippen LogP contribution in [0.4, 0.5) is 5.69 Å². The molecule has 5 rings (SSSR count). The molecule has 0 fully saturated rings. The summed E-state index contributed by atoms with van der Waals surface area (Å²) in [6.45, 7) is 1.89. The molecule has 5 nitrogen and oxygen atoms in total. The molecule has 0 aliphatic heterocycles. The number of rotatable bonds is 6. The predicted molar refractivity (Wildman–Crippen MR) is 151 cm³/mol. The van der Waals surface area contributed by atoms with Gasteiger partial charge in [0.15, 0.2) is 0 Å². The van der Waals surface area contributed by atoms with Gasteiger partial charge in [-0.25, -0.2) is 12.7 Å². The fourth-order valence-corrected chi connectivity index (χ4v) is 6.38. The molecule has 5 aromatic rings. The number of fused-ring (bicyclic) bond motifs is 1. The van der Waals surface area contributed by atoms with Crippen LogP contribution < -0.4 is 4.31 Å². The van der Waals surface area contributed by atoms with Crippen molar-refractivity contribution in [2.45, 2.75) is 17.7 Å². The van der Waals surface area contributed by atoms with E-state index in [0.717, 1.165) is 30.8 Å². The van der Waals surface area contributed by atoms with E-state index in [-0.39, 0.29) is 10.6 Å². The molecule has 0 aliphatic carbocycles. The molecule has 0 N–H and O–H groups in total. The number of aryl methyl sites for hydroxylation is 2. The van der Waals surface area contributed by atoms with Crippen LogP contribution in [0.2, 0.25) is 0 Å². The van der Waals surface area contributed by atoms with E-state index in [0.29, 0.717) is 5.56 Å². The van der Waals surface area contributed by atoms with Crippen molar-refractivity contribution in [1.29, 1.82) is 0 Å². The van der Waals surface area contributed by atoms with Gasteiger partial charge in [0.25, 0.3) is 15.9 Å². The molecule has 1 heterocycles. The topological polar surface area (TPSA) is 59.4 Å². The Morgan fingerprint density at radius 1 is 0.865 bits per heavy atom. The quantitative estimate of drug-likeness (QED) is 0.225. The van der Waals surface area contributed by atoms with Crippen LogP contribution in [0.3, 0.4) is 0 Å². The smallest absolute Gasteiger partial charge is 0.270 e. The lowest BCUT2D eigenvalue weighted by Gasteiger charge is -2.27. The minimum atomic E-state index is -4.21. The summed E-state index contributed by atoms with van der Waals surface area (Å²) < 4.78 is 31.9. The maximum atomic E-state index is 14.6. The number of sulfonamides is 1. The first kappa shape index (κ1) is 25.0. The Hall–Kier alpha value is -3.68. The zero-order valence-corrected chi connectivity index (χ0v) is 22.8. The highest BCUT2D eigenvalue weighted by Gasteiger charge is 2.38. The van der Waals surface area contributed by atoms with Gasteiger partial charge in [-0.3, -0.25) is 4.79 Å². The number of aromatic nitrogens is 1. The maximum Gasteiger partial charge on any atom is 0.270 e. The summed E-state index contributed by atoms with van der Waals surface area (Å²) in [6, 6.07) is 30.3. The van der Waals surface area contributed by atoms with Crippen LogP contribution in [-0.2, 0) is 21.9 Å². The molecule has 0 aliphatic rings. The molecule has 0 radical (unpaired) electrons. The van der Waals surface area contributed by atoms with E-state index >= 15 is 0 Å². The minimum Gasteiger partial charge on any atom is -0.350 e. The Labute approximate surface area is 225 Å². The third-order valence-corrected chi connectivity index (χ3v) is 8.66. The van der Waals surface area contributed by atoms with Crippen LogP contribution in [0.25, 0.3) is 10.9 Å². The Kier molecular flexibility index (Phi) is 6.75. The molecule has 1 atom stereocenters. The summed E-state index contributed by atoms with van der Waals surface area (Å²) >= 11 is 3.53. The monoisotopic (exact) mass is 572 g/mol. The molecular weight excluding hydrogens is 548 g/mol. The average molecular weight is 574 g/mol. The van der Waals surface area contributed by atoms with Crippen molar-refractivity contribution >= 4 is 48.5 Å². The third-order valence-electron chi connectivity index (χ3n) is 6.42. The summed E-state index contributed by atoms with van der Waals surface area (Å²) in [5, 5.41) is 0.883. The number of nitrogens with zero attached hydrogens (tertiary/aromatic N) is 2. The molecule has 4 aromatic carbocycles. The highest BCUT2D eigenvalue weighted by atomic mass is 79.9.